The van der Waals surface area contributed by atoms with Crippen LogP contribution < -0.4 is 4.72 Å². The molecule has 1 fully saturated rings. The smallest absolute Gasteiger partial charge is 0.261 e. The highest BCUT2D eigenvalue weighted by Gasteiger charge is 2.21. The lowest BCUT2D eigenvalue weighted by molar-refractivity contribution is 0.0792. The Balaban J connectivity index is 1.79. The van der Waals surface area contributed by atoms with Crippen molar-refractivity contribution >= 4 is 44.8 Å². The van der Waals surface area contributed by atoms with Crippen molar-refractivity contribution in [2.75, 3.05) is 17.8 Å². The average molecular weight is 399 g/mol. The van der Waals surface area contributed by atoms with Gasteiger partial charge in [-0.3, -0.25) is 9.52 Å². The van der Waals surface area contributed by atoms with Gasteiger partial charge in [0, 0.05) is 28.7 Å². The maximum Gasteiger partial charge on any atom is 0.261 e. The molecule has 0 aromatic heterocycles. The summed E-state index contributed by atoms with van der Waals surface area (Å²) in [7, 11) is -3.80. The standard InChI is InChI=1S/C17H16Cl2N2O3S/c18-13-9-14(19)11-15(10-13)20-25(23,24)16-5-3-12(4-6-16)17(22)21-7-1-2-8-21/h3-6,9-11,20H,1-2,7-8H2. The van der Waals surface area contributed by atoms with Crippen LogP contribution in [0.3, 0.4) is 0 Å². The molecule has 2 aromatic carbocycles. The highest BCUT2D eigenvalue weighted by molar-refractivity contribution is 7.92. The van der Waals surface area contributed by atoms with Gasteiger partial charge in [-0.05, 0) is 55.3 Å². The normalized spacial score (nSPS) is 14.6. The monoisotopic (exact) mass is 398 g/mol. The maximum atomic E-state index is 12.5. The van der Waals surface area contributed by atoms with Crippen LogP contribution in [0, 0.1) is 0 Å². The number of amides is 1. The molecule has 0 spiro atoms. The second-order valence-electron chi connectivity index (χ2n) is 5.79. The summed E-state index contributed by atoms with van der Waals surface area (Å²) in [6, 6.07) is 10.3. The molecule has 0 radical (unpaired) electrons. The molecule has 0 atom stereocenters. The number of sulfonamides is 1. The number of nitrogens with one attached hydrogen (secondary N) is 1. The first-order valence-electron chi connectivity index (χ1n) is 7.73. The molecular formula is C17H16Cl2N2O3S. The lowest BCUT2D eigenvalue weighted by Gasteiger charge is -2.15. The van der Waals surface area contributed by atoms with Crippen LogP contribution in [0.15, 0.2) is 47.4 Å². The van der Waals surface area contributed by atoms with E-state index in [-0.39, 0.29) is 16.5 Å². The van der Waals surface area contributed by atoms with Gasteiger partial charge in [0.15, 0.2) is 0 Å². The van der Waals surface area contributed by atoms with E-state index in [1.165, 1.54) is 42.5 Å². The number of rotatable bonds is 4. The fourth-order valence-corrected chi connectivity index (χ4v) is 4.27. The summed E-state index contributed by atoms with van der Waals surface area (Å²) in [6.07, 6.45) is 2.01. The third kappa shape index (κ3) is 4.26. The van der Waals surface area contributed by atoms with Crippen LogP contribution in [0.5, 0.6) is 0 Å². The van der Waals surface area contributed by atoms with Crippen molar-refractivity contribution in [1.82, 2.24) is 4.90 Å². The van der Waals surface area contributed by atoms with Crippen LogP contribution in [0.4, 0.5) is 5.69 Å². The molecule has 5 nitrogen and oxygen atoms in total. The van der Waals surface area contributed by atoms with E-state index in [1.807, 2.05) is 0 Å². The van der Waals surface area contributed by atoms with E-state index in [0.717, 1.165) is 25.9 Å². The van der Waals surface area contributed by atoms with Crippen LogP contribution in [-0.4, -0.2) is 32.3 Å². The van der Waals surface area contributed by atoms with E-state index < -0.39 is 10.0 Å². The Hall–Kier alpha value is -1.76. The van der Waals surface area contributed by atoms with Crippen molar-refractivity contribution in [1.29, 1.82) is 0 Å². The maximum absolute atomic E-state index is 12.5. The molecular weight excluding hydrogens is 383 g/mol. The number of carbonyl (C=O) groups excluding carboxylic acids is 1. The largest absolute Gasteiger partial charge is 0.339 e. The highest BCUT2D eigenvalue weighted by atomic mass is 35.5. The first-order chi connectivity index (χ1) is 11.8. The van der Waals surface area contributed by atoms with Gasteiger partial charge in [-0.2, -0.15) is 0 Å². The third-order valence-corrected chi connectivity index (χ3v) is 5.75. The van der Waals surface area contributed by atoms with Crippen LogP contribution in [0.1, 0.15) is 23.2 Å². The Morgan fingerprint density at radius 1 is 0.960 bits per heavy atom. The molecule has 0 saturated carbocycles. The Labute approximate surface area is 156 Å². The molecule has 1 aliphatic heterocycles. The summed E-state index contributed by atoms with van der Waals surface area (Å²) >= 11 is 11.8. The molecule has 2 aromatic rings. The quantitative estimate of drug-likeness (QED) is 0.844. The van der Waals surface area contributed by atoms with E-state index in [1.54, 1.807) is 4.90 Å². The van der Waals surface area contributed by atoms with Gasteiger partial charge >= 0.3 is 0 Å². The molecule has 1 amide bonds. The van der Waals surface area contributed by atoms with Crippen molar-refractivity contribution in [3.8, 4) is 0 Å². The first-order valence-corrected chi connectivity index (χ1v) is 9.97. The Morgan fingerprint density at radius 2 is 1.52 bits per heavy atom. The van der Waals surface area contributed by atoms with E-state index in [2.05, 4.69) is 4.72 Å². The van der Waals surface area contributed by atoms with Crippen molar-refractivity contribution in [3.63, 3.8) is 0 Å². The van der Waals surface area contributed by atoms with E-state index in [9.17, 15) is 13.2 Å². The number of likely N-dealkylation sites (tertiary alicyclic amines) is 1. The predicted octanol–water partition coefficient (Wildman–Crippen LogP) is 4.03. The number of halogens is 2. The van der Waals surface area contributed by atoms with Gasteiger partial charge in [0.25, 0.3) is 15.9 Å². The zero-order valence-corrected chi connectivity index (χ0v) is 15.5. The highest BCUT2D eigenvalue weighted by Crippen LogP contribution is 2.25. The summed E-state index contributed by atoms with van der Waals surface area (Å²) in [5.74, 6) is -0.0731. The predicted molar refractivity (Wildman–Crippen MR) is 98.9 cm³/mol. The van der Waals surface area contributed by atoms with Gasteiger partial charge in [0.05, 0.1) is 10.6 Å². The summed E-state index contributed by atoms with van der Waals surface area (Å²) < 4.78 is 27.4. The van der Waals surface area contributed by atoms with E-state index in [4.69, 9.17) is 23.2 Å². The van der Waals surface area contributed by atoms with E-state index >= 15 is 0 Å². The molecule has 0 aliphatic carbocycles. The van der Waals surface area contributed by atoms with Crippen molar-refractivity contribution in [2.45, 2.75) is 17.7 Å². The lowest BCUT2D eigenvalue weighted by atomic mass is 10.2. The van der Waals surface area contributed by atoms with E-state index in [0.29, 0.717) is 15.6 Å². The number of anilines is 1. The second kappa shape index (κ2) is 7.23. The Morgan fingerprint density at radius 3 is 2.08 bits per heavy atom. The fourth-order valence-electron chi connectivity index (χ4n) is 2.71. The minimum Gasteiger partial charge on any atom is -0.339 e. The van der Waals surface area contributed by atoms with Crippen LogP contribution in [-0.2, 0) is 10.0 Å². The summed E-state index contributed by atoms with van der Waals surface area (Å²) in [6.45, 7) is 1.49. The summed E-state index contributed by atoms with van der Waals surface area (Å²) in [4.78, 5) is 14.1. The topological polar surface area (TPSA) is 66.5 Å². The SMILES string of the molecule is O=C(c1ccc(S(=O)(=O)Nc2cc(Cl)cc(Cl)c2)cc1)N1CCCC1. The Kier molecular flexibility index (Phi) is 5.22. The van der Waals surface area contributed by atoms with Crippen molar-refractivity contribution in [3.05, 3.63) is 58.1 Å². The van der Waals surface area contributed by atoms with Crippen LogP contribution in [0.25, 0.3) is 0 Å². The number of hydrogen-bond donors (Lipinski definition) is 1. The molecule has 1 N–H and O–H groups in total. The third-order valence-electron chi connectivity index (χ3n) is 3.92. The van der Waals surface area contributed by atoms with Gasteiger partial charge in [0.2, 0.25) is 0 Å². The van der Waals surface area contributed by atoms with Gasteiger partial charge in [-0.1, -0.05) is 23.2 Å². The van der Waals surface area contributed by atoms with Gasteiger partial charge in [-0.15, -0.1) is 0 Å². The van der Waals surface area contributed by atoms with Crippen molar-refractivity contribution in [2.24, 2.45) is 0 Å². The zero-order valence-electron chi connectivity index (χ0n) is 13.2. The number of benzene rings is 2. The number of nitrogens with zero attached hydrogens (tertiary/aromatic N) is 1. The number of hydrogen-bond acceptors (Lipinski definition) is 3. The molecule has 1 aliphatic rings. The molecule has 25 heavy (non-hydrogen) atoms. The molecule has 132 valence electrons. The fraction of sp³-hybridized carbons (Fsp3) is 0.235. The van der Waals surface area contributed by atoms with Gasteiger partial charge < -0.3 is 4.90 Å². The zero-order chi connectivity index (χ0) is 18.0. The molecule has 1 heterocycles. The lowest BCUT2D eigenvalue weighted by Crippen LogP contribution is -2.27. The molecule has 3 rings (SSSR count). The second-order valence-corrected chi connectivity index (χ2v) is 8.34. The van der Waals surface area contributed by atoms with Gasteiger partial charge in [0.1, 0.15) is 0 Å². The average Bonchev–Trinajstić information content (AvgIpc) is 3.07. The minimum absolute atomic E-state index is 0.0570. The molecule has 8 heteroatoms. The first kappa shape index (κ1) is 18.0. The Bertz CT molecular complexity index is 872. The van der Waals surface area contributed by atoms with Crippen molar-refractivity contribution < 1.29 is 13.2 Å². The summed E-state index contributed by atoms with van der Waals surface area (Å²) in [5.41, 5.74) is 0.751. The molecule has 0 unspecified atom stereocenters. The van der Waals surface area contributed by atoms with Crippen LogP contribution >= 0.6 is 23.2 Å². The molecule has 1 saturated heterocycles. The molecule has 0 bridgehead atoms. The van der Waals surface area contributed by atoms with Gasteiger partial charge in [-0.25, -0.2) is 8.42 Å². The minimum atomic E-state index is -3.80. The summed E-state index contributed by atoms with van der Waals surface area (Å²) in [5, 5.41) is 0.661. The number of carbonyl (C=O) groups is 1. The van der Waals surface area contributed by atoms with Crippen LogP contribution in [0.2, 0.25) is 10.0 Å².